The largest absolute Gasteiger partial charge is 0.473 e. The van der Waals surface area contributed by atoms with Gasteiger partial charge in [0.25, 0.3) is 0 Å². The smallest absolute Gasteiger partial charge is 0.414 e. The number of carbonyl (C=O) groups is 2. The van der Waals surface area contributed by atoms with Gasteiger partial charge in [0.15, 0.2) is 0 Å². The molecule has 158 valence electrons. The van der Waals surface area contributed by atoms with Gasteiger partial charge in [0.1, 0.15) is 10.8 Å². The lowest BCUT2D eigenvalue weighted by Gasteiger charge is -2.16. The molecular weight excluding hydrogens is 407 g/mol. The Morgan fingerprint density at radius 3 is 2.20 bits per heavy atom. The summed E-state index contributed by atoms with van der Waals surface area (Å²) in [7, 11) is 4.14. The first-order chi connectivity index (χ1) is 14.2. The van der Waals surface area contributed by atoms with Crippen molar-refractivity contribution in [3.05, 3.63) is 59.9 Å². The summed E-state index contributed by atoms with van der Waals surface area (Å²) in [6, 6.07) is 14.9. The molecule has 0 unspecified atom stereocenters. The first-order valence-corrected chi connectivity index (χ1v) is 10.1. The quantitative estimate of drug-likeness (QED) is 0.464. The van der Waals surface area contributed by atoms with Crippen LogP contribution in [0.4, 0.5) is 4.39 Å². The van der Waals surface area contributed by atoms with Crippen LogP contribution in [-0.2, 0) is 9.59 Å². The third kappa shape index (κ3) is 6.27. The molecule has 0 spiro atoms. The molecule has 0 saturated heterocycles. The predicted octanol–water partition coefficient (Wildman–Crippen LogP) is 4.16. The van der Waals surface area contributed by atoms with Gasteiger partial charge in [-0.15, -0.1) is 11.8 Å². The lowest BCUT2D eigenvalue weighted by molar-refractivity contribution is -0.159. The summed E-state index contributed by atoms with van der Waals surface area (Å²) in [5.74, 6) is -2.90. The first kappa shape index (κ1) is 23.3. The molecule has 2 N–H and O–H groups in total. The van der Waals surface area contributed by atoms with Crippen molar-refractivity contribution in [3.63, 3.8) is 0 Å². The van der Waals surface area contributed by atoms with Gasteiger partial charge in [0.05, 0.1) is 5.52 Å². The lowest BCUT2D eigenvalue weighted by atomic mass is 9.99. The van der Waals surface area contributed by atoms with E-state index in [9.17, 15) is 4.39 Å². The molecule has 3 rings (SSSR count). The SMILES string of the molecule is Cc1c(-c2ccc(F)cc2)c(SCCN(C)C)nc2ccccc12.O=C(O)C(=O)O. The van der Waals surface area contributed by atoms with Gasteiger partial charge in [-0.05, 0) is 50.3 Å². The van der Waals surface area contributed by atoms with Crippen molar-refractivity contribution in [2.24, 2.45) is 0 Å². The molecule has 0 fully saturated rings. The minimum atomic E-state index is -1.82. The van der Waals surface area contributed by atoms with Crippen molar-refractivity contribution in [2.75, 3.05) is 26.4 Å². The number of carboxylic acid groups (broad SMARTS) is 2. The maximum absolute atomic E-state index is 13.3. The Balaban J connectivity index is 0.000000469. The number of carboxylic acids is 2. The Morgan fingerprint density at radius 2 is 1.63 bits per heavy atom. The number of thioether (sulfide) groups is 1. The summed E-state index contributed by atoms with van der Waals surface area (Å²) >= 11 is 1.76. The monoisotopic (exact) mass is 430 g/mol. The molecule has 0 aliphatic rings. The van der Waals surface area contributed by atoms with Gasteiger partial charge in [0.2, 0.25) is 0 Å². The number of hydrogen-bond donors (Lipinski definition) is 2. The highest BCUT2D eigenvalue weighted by atomic mass is 32.2. The van der Waals surface area contributed by atoms with Crippen LogP contribution in [0.2, 0.25) is 0 Å². The van der Waals surface area contributed by atoms with E-state index < -0.39 is 11.9 Å². The molecule has 8 heteroatoms. The summed E-state index contributed by atoms with van der Waals surface area (Å²) in [5, 5.41) is 16.9. The van der Waals surface area contributed by atoms with Crippen molar-refractivity contribution in [2.45, 2.75) is 11.9 Å². The van der Waals surface area contributed by atoms with E-state index in [1.807, 2.05) is 30.3 Å². The van der Waals surface area contributed by atoms with E-state index in [2.05, 4.69) is 32.0 Å². The van der Waals surface area contributed by atoms with Gasteiger partial charge < -0.3 is 15.1 Å². The average molecular weight is 431 g/mol. The maximum Gasteiger partial charge on any atom is 0.414 e. The fourth-order valence-electron chi connectivity index (χ4n) is 2.73. The van der Waals surface area contributed by atoms with E-state index >= 15 is 0 Å². The number of fused-ring (bicyclic) bond motifs is 1. The van der Waals surface area contributed by atoms with Gasteiger partial charge in [-0.1, -0.05) is 30.3 Å². The normalized spacial score (nSPS) is 10.6. The Hall–Kier alpha value is -2.97. The molecule has 6 nitrogen and oxygen atoms in total. The Morgan fingerprint density at radius 1 is 1.03 bits per heavy atom. The molecule has 0 radical (unpaired) electrons. The molecule has 1 heterocycles. The van der Waals surface area contributed by atoms with Crippen molar-refractivity contribution in [1.29, 1.82) is 0 Å². The van der Waals surface area contributed by atoms with E-state index in [-0.39, 0.29) is 5.82 Å². The van der Waals surface area contributed by atoms with Gasteiger partial charge >= 0.3 is 11.9 Å². The molecule has 0 aliphatic carbocycles. The highest BCUT2D eigenvalue weighted by molar-refractivity contribution is 7.99. The standard InChI is InChI=1S/C20H21FN2S.C2H2O4/c1-14-17-6-4-5-7-18(17)22-20(24-13-12-23(2)3)19(14)15-8-10-16(21)11-9-15;3-1(4)2(5)6/h4-11H,12-13H2,1-3H3;(H,3,4)(H,5,6). The molecule has 0 bridgehead atoms. The van der Waals surface area contributed by atoms with E-state index in [1.54, 1.807) is 11.8 Å². The van der Waals surface area contributed by atoms with Crippen LogP contribution in [0.1, 0.15) is 5.56 Å². The fraction of sp³-hybridized carbons (Fsp3) is 0.227. The van der Waals surface area contributed by atoms with Crippen LogP contribution in [0.5, 0.6) is 0 Å². The second kappa shape index (κ2) is 10.7. The summed E-state index contributed by atoms with van der Waals surface area (Å²) in [4.78, 5) is 25.2. The zero-order valence-corrected chi connectivity index (χ0v) is 17.7. The molecule has 0 amide bonds. The molecule has 0 aliphatic heterocycles. The van der Waals surface area contributed by atoms with Crippen LogP contribution in [0, 0.1) is 12.7 Å². The lowest BCUT2D eigenvalue weighted by Crippen LogP contribution is -2.14. The average Bonchev–Trinajstić information content (AvgIpc) is 2.69. The topological polar surface area (TPSA) is 90.7 Å². The van der Waals surface area contributed by atoms with Crippen LogP contribution in [0.15, 0.2) is 53.6 Å². The minimum absolute atomic E-state index is 0.216. The van der Waals surface area contributed by atoms with E-state index in [4.69, 9.17) is 24.8 Å². The maximum atomic E-state index is 13.3. The van der Waals surface area contributed by atoms with Gasteiger partial charge in [-0.3, -0.25) is 0 Å². The van der Waals surface area contributed by atoms with E-state index in [0.29, 0.717) is 0 Å². The number of para-hydroxylation sites is 1. The number of halogens is 1. The van der Waals surface area contributed by atoms with Crippen LogP contribution < -0.4 is 0 Å². The van der Waals surface area contributed by atoms with Gasteiger partial charge in [0, 0.05) is 23.2 Å². The predicted molar refractivity (Wildman–Crippen MR) is 116 cm³/mol. The van der Waals surface area contributed by atoms with Gasteiger partial charge in [-0.2, -0.15) is 0 Å². The van der Waals surface area contributed by atoms with Crippen molar-refractivity contribution in [3.8, 4) is 11.1 Å². The fourth-order valence-corrected chi connectivity index (χ4v) is 3.96. The number of benzene rings is 2. The molecular formula is C22H23FN2O4S. The van der Waals surface area contributed by atoms with Crippen LogP contribution in [0.25, 0.3) is 22.0 Å². The molecule has 30 heavy (non-hydrogen) atoms. The zero-order chi connectivity index (χ0) is 22.3. The molecule has 3 aromatic rings. The molecule has 1 aromatic heterocycles. The van der Waals surface area contributed by atoms with Crippen LogP contribution in [-0.4, -0.2) is 58.4 Å². The summed E-state index contributed by atoms with van der Waals surface area (Å²) in [6.45, 7) is 3.11. The summed E-state index contributed by atoms with van der Waals surface area (Å²) in [5.41, 5.74) is 4.32. The third-order valence-electron chi connectivity index (χ3n) is 4.21. The second-order valence-corrected chi connectivity index (χ2v) is 7.79. The number of aromatic nitrogens is 1. The van der Waals surface area contributed by atoms with E-state index in [0.717, 1.165) is 39.4 Å². The Kier molecular flexibility index (Phi) is 8.32. The Bertz CT molecular complexity index is 1030. The van der Waals surface area contributed by atoms with Crippen molar-refractivity contribution < 1.29 is 24.2 Å². The summed E-state index contributed by atoms with van der Waals surface area (Å²) in [6.07, 6.45) is 0. The van der Waals surface area contributed by atoms with Crippen LogP contribution >= 0.6 is 11.8 Å². The number of aliphatic carboxylic acids is 2. The highest BCUT2D eigenvalue weighted by Crippen LogP contribution is 2.36. The number of nitrogens with zero attached hydrogens (tertiary/aromatic N) is 2. The highest BCUT2D eigenvalue weighted by Gasteiger charge is 2.14. The second-order valence-electron chi connectivity index (χ2n) is 6.70. The Labute approximate surface area is 178 Å². The number of pyridine rings is 1. The third-order valence-corrected chi connectivity index (χ3v) is 5.17. The number of aryl methyl sites for hydroxylation is 1. The molecule has 2 aromatic carbocycles. The van der Waals surface area contributed by atoms with Gasteiger partial charge in [-0.25, -0.2) is 19.0 Å². The summed E-state index contributed by atoms with van der Waals surface area (Å²) < 4.78 is 13.3. The number of rotatable bonds is 5. The first-order valence-electron chi connectivity index (χ1n) is 9.09. The van der Waals surface area contributed by atoms with Crippen molar-refractivity contribution >= 4 is 34.6 Å². The minimum Gasteiger partial charge on any atom is -0.473 e. The van der Waals surface area contributed by atoms with E-state index in [1.165, 1.54) is 17.7 Å². The zero-order valence-electron chi connectivity index (χ0n) is 16.9. The van der Waals surface area contributed by atoms with Crippen LogP contribution in [0.3, 0.4) is 0 Å². The van der Waals surface area contributed by atoms with Crippen molar-refractivity contribution in [1.82, 2.24) is 9.88 Å². The number of hydrogen-bond acceptors (Lipinski definition) is 5. The molecule has 0 saturated carbocycles. The molecule has 0 atom stereocenters.